The molecule has 1 aliphatic rings. The number of nitrogens with one attached hydrogen (secondary N) is 1. The van der Waals surface area contributed by atoms with Gasteiger partial charge in [-0.25, -0.2) is 23.1 Å². The summed E-state index contributed by atoms with van der Waals surface area (Å²) in [5.74, 6) is -0.210. The Morgan fingerprint density at radius 3 is 2.45 bits per heavy atom. The average Bonchev–Trinajstić information content (AvgIpc) is 3.63. The molecular formula is C28H28ClF3N8O2. The van der Waals surface area contributed by atoms with Crippen molar-refractivity contribution in [3.63, 3.8) is 0 Å². The average molecular weight is 601 g/mol. The van der Waals surface area contributed by atoms with E-state index in [0.717, 1.165) is 48.4 Å². The molecule has 0 saturated carbocycles. The summed E-state index contributed by atoms with van der Waals surface area (Å²) in [6.45, 7) is 6.18. The van der Waals surface area contributed by atoms with E-state index in [9.17, 15) is 22.8 Å². The fraction of sp³-hybridized carbons (Fsp3) is 0.321. The number of alkyl halides is 2. The number of amides is 1. The lowest BCUT2D eigenvalue weighted by molar-refractivity contribution is -0.117. The van der Waals surface area contributed by atoms with Gasteiger partial charge >= 0.3 is 0 Å². The van der Waals surface area contributed by atoms with Crippen molar-refractivity contribution in [3.8, 4) is 11.3 Å². The van der Waals surface area contributed by atoms with Crippen LogP contribution in [0.1, 0.15) is 65.4 Å². The Kier molecular flexibility index (Phi) is 9.51. The van der Waals surface area contributed by atoms with Crippen LogP contribution >= 0.6 is 11.6 Å². The van der Waals surface area contributed by atoms with Gasteiger partial charge in [0.25, 0.3) is 6.43 Å². The monoisotopic (exact) mass is 600 g/mol. The zero-order chi connectivity index (χ0) is 30.6. The molecule has 1 atom stereocenters. The molecule has 4 heterocycles. The Bertz CT molecular complexity index is 1610. The molecule has 1 aliphatic heterocycles. The SMILES string of the molecule is CNc1cnn(C(C)c2cnc(N3CCCC3=O)c(C)n2)c1.Cc1ncc(-c2c(C(F)F)ccc(Cl)c2F)nc1C=O. The molecule has 220 valence electrons. The van der Waals surface area contributed by atoms with Crippen molar-refractivity contribution in [3.05, 3.63) is 76.1 Å². The number of aldehydes is 1. The van der Waals surface area contributed by atoms with Crippen molar-refractivity contribution < 1.29 is 22.8 Å². The Morgan fingerprint density at radius 1 is 1.10 bits per heavy atom. The molecule has 1 N–H and O–H groups in total. The van der Waals surface area contributed by atoms with E-state index in [-0.39, 0.29) is 28.4 Å². The minimum atomic E-state index is -2.90. The van der Waals surface area contributed by atoms with Gasteiger partial charge in [0.1, 0.15) is 5.69 Å². The summed E-state index contributed by atoms with van der Waals surface area (Å²) in [6.07, 6.45) is 5.57. The van der Waals surface area contributed by atoms with Crippen molar-refractivity contribution in [2.75, 3.05) is 23.8 Å². The first-order valence-electron chi connectivity index (χ1n) is 13.0. The van der Waals surface area contributed by atoms with Crippen LogP contribution in [0.3, 0.4) is 0 Å². The highest BCUT2D eigenvalue weighted by molar-refractivity contribution is 6.31. The number of halogens is 4. The predicted octanol–water partition coefficient (Wildman–Crippen LogP) is 5.75. The normalized spacial score (nSPS) is 13.6. The van der Waals surface area contributed by atoms with Gasteiger partial charge in [0.2, 0.25) is 5.91 Å². The van der Waals surface area contributed by atoms with Crippen LogP contribution in [0.4, 0.5) is 24.7 Å². The fourth-order valence-electron chi connectivity index (χ4n) is 4.35. The Morgan fingerprint density at radius 2 is 1.86 bits per heavy atom. The van der Waals surface area contributed by atoms with Gasteiger partial charge in [-0.1, -0.05) is 17.7 Å². The van der Waals surface area contributed by atoms with Gasteiger partial charge in [0, 0.05) is 37.3 Å². The molecule has 1 amide bonds. The molecular weight excluding hydrogens is 573 g/mol. The van der Waals surface area contributed by atoms with Crippen LogP contribution in [0.15, 0.2) is 36.9 Å². The first-order chi connectivity index (χ1) is 20.0. The quantitative estimate of drug-likeness (QED) is 0.266. The largest absolute Gasteiger partial charge is 0.386 e. The number of carbonyl (C=O) groups is 2. The van der Waals surface area contributed by atoms with Crippen LogP contribution in [0, 0.1) is 19.7 Å². The van der Waals surface area contributed by atoms with E-state index in [4.69, 9.17) is 11.6 Å². The van der Waals surface area contributed by atoms with Crippen LogP contribution in [0.2, 0.25) is 5.02 Å². The molecule has 1 unspecified atom stereocenters. The number of hydrogen-bond acceptors (Lipinski definition) is 8. The maximum Gasteiger partial charge on any atom is 0.264 e. The van der Waals surface area contributed by atoms with Crippen molar-refractivity contribution >= 4 is 35.3 Å². The standard InChI is InChI=1S/C15H20N6O.C13H8ClF3N2O/c1-10-15(20-6-4-5-14(20)22)17-8-13(19-10)11(2)21-9-12(16-3)7-18-21;1-6-10(5-20)19-9(4-18-6)11-7(13(16)17)2-3-8(14)12(11)15/h7-9,11,16H,4-6H2,1-3H3;2-5,13H,1H3. The van der Waals surface area contributed by atoms with Crippen molar-refractivity contribution in [1.82, 2.24) is 29.7 Å². The van der Waals surface area contributed by atoms with Gasteiger partial charge in [-0.15, -0.1) is 0 Å². The molecule has 1 saturated heterocycles. The first-order valence-corrected chi connectivity index (χ1v) is 13.3. The highest BCUT2D eigenvalue weighted by Gasteiger charge is 2.25. The van der Waals surface area contributed by atoms with E-state index in [0.29, 0.717) is 24.2 Å². The number of aryl methyl sites for hydroxylation is 2. The summed E-state index contributed by atoms with van der Waals surface area (Å²) in [5.41, 5.74) is 1.69. The molecule has 1 fully saturated rings. The maximum absolute atomic E-state index is 14.0. The zero-order valence-corrected chi connectivity index (χ0v) is 24.0. The second-order valence-electron chi connectivity index (χ2n) is 9.46. The number of hydrogen-bond donors (Lipinski definition) is 1. The molecule has 5 rings (SSSR count). The number of anilines is 2. The molecule has 0 aliphatic carbocycles. The summed E-state index contributed by atoms with van der Waals surface area (Å²) in [6, 6.07) is 2.05. The van der Waals surface area contributed by atoms with Gasteiger partial charge in [0.15, 0.2) is 17.9 Å². The molecule has 3 aromatic heterocycles. The third-order valence-corrected chi connectivity index (χ3v) is 7.00. The predicted molar refractivity (Wildman–Crippen MR) is 151 cm³/mol. The van der Waals surface area contributed by atoms with Crippen LogP contribution in [-0.2, 0) is 4.79 Å². The van der Waals surface area contributed by atoms with Gasteiger partial charge in [-0.2, -0.15) is 5.10 Å². The van der Waals surface area contributed by atoms with Crippen LogP contribution < -0.4 is 10.2 Å². The Hall–Kier alpha value is -4.39. The van der Waals surface area contributed by atoms with Crippen LogP contribution in [0.25, 0.3) is 11.3 Å². The Balaban J connectivity index is 0.000000194. The molecule has 42 heavy (non-hydrogen) atoms. The molecule has 10 nitrogen and oxygen atoms in total. The lowest BCUT2D eigenvalue weighted by atomic mass is 10.0. The summed E-state index contributed by atoms with van der Waals surface area (Å²) < 4.78 is 41.8. The number of nitrogens with zero attached hydrogens (tertiary/aromatic N) is 7. The summed E-state index contributed by atoms with van der Waals surface area (Å²) in [5, 5.41) is 7.07. The lowest BCUT2D eigenvalue weighted by Crippen LogP contribution is -2.26. The third kappa shape index (κ3) is 6.40. The van der Waals surface area contributed by atoms with Crippen LogP contribution in [0.5, 0.6) is 0 Å². The molecule has 0 spiro atoms. The van der Waals surface area contributed by atoms with E-state index in [1.54, 1.807) is 17.3 Å². The van der Waals surface area contributed by atoms with Gasteiger partial charge in [-0.05, 0) is 33.3 Å². The van der Waals surface area contributed by atoms with Crippen molar-refractivity contribution in [1.29, 1.82) is 0 Å². The Labute approximate surface area is 245 Å². The van der Waals surface area contributed by atoms with E-state index < -0.39 is 23.4 Å². The molecule has 0 bridgehead atoms. The highest BCUT2D eigenvalue weighted by Crippen LogP contribution is 2.35. The van der Waals surface area contributed by atoms with E-state index in [2.05, 4.69) is 30.4 Å². The molecule has 4 aromatic rings. The van der Waals surface area contributed by atoms with Gasteiger partial charge in [0.05, 0.1) is 58.1 Å². The number of carbonyl (C=O) groups excluding carboxylic acids is 2. The van der Waals surface area contributed by atoms with Crippen molar-refractivity contribution in [2.24, 2.45) is 0 Å². The molecule has 1 aromatic carbocycles. The van der Waals surface area contributed by atoms with Crippen LogP contribution in [-0.4, -0.2) is 55.5 Å². The molecule has 0 radical (unpaired) electrons. The third-order valence-electron chi connectivity index (χ3n) is 6.71. The minimum Gasteiger partial charge on any atom is -0.386 e. The maximum atomic E-state index is 14.0. The lowest BCUT2D eigenvalue weighted by Gasteiger charge is -2.18. The second-order valence-corrected chi connectivity index (χ2v) is 9.87. The topological polar surface area (TPSA) is 119 Å². The first kappa shape index (κ1) is 30.6. The summed E-state index contributed by atoms with van der Waals surface area (Å²) >= 11 is 5.61. The highest BCUT2D eigenvalue weighted by atomic mass is 35.5. The van der Waals surface area contributed by atoms with Gasteiger partial charge < -0.3 is 5.32 Å². The summed E-state index contributed by atoms with van der Waals surface area (Å²) in [4.78, 5) is 41.2. The molecule has 14 heteroatoms. The summed E-state index contributed by atoms with van der Waals surface area (Å²) in [7, 11) is 1.86. The number of rotatable bonds is 7. The second kappa shape index (κ2) is 13.1. The number of aromatic nitrogens is 6. The van der Waals surface area contributed by atoms with E-state index in [1.165, 1.54) is 6.92 Å². The van der Waals surface area contributed by atoms with Gasteiger partial charge in [-0.3, -0.25) is 29.1 Å². The zero-order valence-electron chi connectivity index (χ0n) is 23.3. The fourth-order valence-corrected chi connectivity index (χ4v) is 4.51. The van der Waals surface area contributed by atoms with E-state index in [1.807, 2.05) is 31.8 Å². The smallest absolute Gasteiger partial charge is 0.264 e. The minimum absolute atomic E-state index is 0.0170. The van der Waals surface area contributed by atoms with Crippen molar-refractivity contribution in [2.45, 2.75) is 46.1 Å². The number of benzene rings is 1. The van der Waals surface area contributed by atoms with E-state index >= 15 is 0 Å².